The van der Waals surface area contributed by atoms with Gasteiger partial charge in [0.15, 0.2) is 5.82 Å². The molecule has 0 aliphatic heterocycles. The van der Waals surface area contributed by atoms with Gasteiger partial charge in [-0.25, -0.2) is 4.98 Å². The van der Waals surface area contributed by atoms with E-state index in [0.29, 0.717) is 22.3 Å². The van der Waals surface area contributed by atoms with Crippen LogP contribution in [-0.4, -0.2) is 35.3 Å². The van der Waals surface area contributed by atoms with Gasteiger partial charge in [-0.15, -0.1) is 11.3 Å². The van der Waals surface area contributed by atoms with E-state index in [1.54, 1.807) is 6.08 Å². The molecule has 1 aromatic carbocycles. The summed E-state index contributed by atoms with van der Waals surface area (Å²) in [7, 11) is 1.90. The molecule has 0 fully saturated rings. The van der Waals surface area contributed by atoms with Gasteiger partial charge >= 0.3 is 0 Å². The highest BCUT2D eigenvalue weighted by Crippen LogP contribution is 2.27. The molecule has 0 unspecified atom stereocenters. The molecule has 27 heavy (non-hydrogen) atoms. The molecule has 0 saturated heterocycles. The number of allylic oxidation sites excluding steroid dienone is 1. The van der Waals surface area contributed by atoms with E-state index >= 15 is 0 Å². The summed E-state index contributed by atoms with van der Waals surface area (Å²) in [5, 5.41) is 19.2. The molecule has 0 atom stereocenters. The number of anilines is 1. The molecule has 138 valence electrons. The lowest BCUT2D eigenvalue weighted by molar-refractivity contribution is 0.304. The van der Waals surface area contributed by atoms with Crippen LogP contribution in [-0.2, 0) is 0 Å². The SMILES string of the molecule is Cc1sc2nc(/C(C#N)=C/c3ccc(N(C)CCO)cc3)[nH]c(=O)c2c1C. The van der Waals surface area contributed by atoms with Gasteiger partial charge in [-0.3, -0.25) is 4.79 Å². The van der Waals surface area contributed by atoms with E-state index in [1.165, 1.54) is 11.3 Å². The standard InChI is InChI=1S/C20H20N4O2S/c1-12-13(2)27-20-17(12)19(26)22-18(23-20)15(11-21)10-14-4-6-16(7-5-14)24(3)8-9-25/h4-7,10,25H,8-9H2,1-3H3,(H,22,23,26)/b15-10+. The average molecular weight is 380 g/mol. The van der Waals surface area contributed by atoms with Gasteiger partial charge in [0, 0.05) is 24.2 Å². The van der Waals surface area contributed by atoms with Crippen molar-refractivity contribution in [3.05, 3.63) is 56.4 Å². The Balaban J connectivity index is 1.99. The maximum absolute atomic E-state index is 12.4. The molecule has 7 heteroatoms. The van der Waals surface area contributed by atoms with Crippen LogP contribution in [0.2, 0.25) is 0 Å². The smallest absolute Gasteiger partial charge is 0.260 e. The van der Waals surface area contributed by atoms with Gasteiger partial charge in [0.05, 0.1) is 17.6 Å². The van der Waals surface area contributed by atoms with Gasteiger partial charge in [0.25, 0.3) is 5.56 Å². The topological polar surface area (TPSA) is 93.0 Å². The molecule has 0 aliphatic carbocycles. The summed E-state index contributed by atoms with van der Waals surface area (Å²) >= 11 is 1.46. The number of fused-ring (bicyclic) bond motifs is 1. The third-order valence-corrected chi connectivity index (χ3v) is 5.60. The predicted octanol–water partition coefficient (Wildman–Crippen LogP) is 3.09. The van der Waals surface area contributed by atoms with Gasteiger partial charge in [0.1, 0.15) is 10.9 Å². The minimum atomic E-state index is -0.223. The Morgan fingerprint density at radius 3 is 2.70 bits per heavy atom. The number of aromatic nitrogens is 2. The summed E-state index contributed by atoms with van der Waals surface area (Å²) < 4.78 is 0. The van der Waals surface area contributed by atoms with Gasteiger partial charge in [0.2, 0.25) is 0 Å². The fraction of sp³-hybridized carbons (Fsp3) is 0.250. The van der Waals surface area contributed by atoms with Crippen molar-refractivity contribution < 1.29 is 5.11 Å². The number of aromatic amines is 1. The number of aliphatic hydroxyl groups is 1. The fourth-order valence-electron chi connectivity index (χ4n) is 2.81. The molecule has 0 saturated carbocycles. The largest absolute Gasteiger partial charge is 0.395 e. The van der Waals surface area contributed by atoms with E-state index < -0.39 is 0 Å². The van der Waals surface area contributed by atoms with Crippen LogP contribution in [0.3, 0.4) is 0 Å². The molecule has 6 nitrogen and oxygen atoms in total. The van der Waals surface area contributed by atoms with Crippen molar-refractivity contribution in [1.29, 1.82) is 5.26 Å². The van der Waals surface area contributed by atoms with Crippen LogP contribution in [0, 0.1) is 25.2 Å². The Hall–Kier alpha value is -2.95. The van der Waals surface area contributed by atoms with E-state index in [0.717, 1.165) is 21.7 Å². The molecule has 2 aromatic heterocycles. The highest BCUT2D eigenvalue weighted by molar-refractivity contribution is 7.18. The molecule has 0 radical (unpaired) electrons. The number of aryl methyl sites for hydroxylation is 2. The highest BCUT2D eigenvalue weighted by atomic mass is 32.1. The van der Waals surface area contributed by atoms with Crippen molar-refractivity contribution in [3.8, 4) is 6.07 Å². The van der Waals surface area contributed by atoms with Crippen LogP contribution in [0.25, 0.3) is 21.9 Å². The first-order valence-electron chi connectivity index (χ1n) is 8.49. The zero-order chi connectivity index (χ0) is 19.6. The molecule has 0 spiro atoms. The number of nitrogens with one attached hydrogen (secondary N) is 1. The maximum atomic E-state index is 12.4. The molecule has 3 rings (SSSR count). The minimum Gasteiger partial charge on any atom is -0.395 e. The third-order valence-electron chi connectivity index (χ3n) is 4.49. The lowest BCUT2D eigenvalue weighted by atomic mass is 10.1. The molecule has 2 N–H and O–H groups in total. The first-order valence-corrected chi connectivity index (χ1v) is 9.30. The van der Waals surface area contributed by atoms with Crippen molar-refractivity contribution in [1.82, 2.24) is 9.97 Å². The molecule has 3 aromatic rings. The van der Waals surface area contributed by atoms with Gasteiger partial charge < -0.3 is 15.0 Å². The molecule has 0 amide bonds. The number of hydrogen-bond acceptors (Lipinski definition) is 6. The Morgan fingerprint density at radius 1 is 1.37 bits per heavy atom. The monoisotopic (exact) mass is 380 g/mol. The van der Waals surface area contributed by atoms with E-state index in [-0.39, 0.29) is 18.0 Å². The number of H-pyrrole nitrogens is 1. The lowest BCUT2D eigenvalue weighted by Gasteiger charge is -2.17. The molecule has 2 heterocycles. The molecule has 0 aliphatic rings. The summed E-state index contributed by atoms with van der Waals surface area (Å²) in [4.78, 5) is 23.3. The summed E-state index contributed by atoms with van der Waals surface area (Å²) in [5.41, 5.74) is 2.81. The Labute approximate surface area is 161 Å². The summed E-state index contributed by atoms with van der Waals surface area (Å²) in [6.45, 7) is 4.49. The Morgan fingerprint density at radius 2 is 2.07 bits per heavy atom. The van der Waals surface area contributed by atoms with Crippen LogP contribution >= 0.6 is 11.3 Å². The van der Waals surface area contributed by atoms with E-state index in [9.17, 15) is 10.1 Å². The number of likely N-dealkylation sites (N-methyl/N-ethyl adjacent to an activating group) is 1. The summed E-state index contributed by atoms with van der Waals surface area (Å²) in [5.74, 6) is 0.276. The lowest BCUT2D eigenvalue weighted by Crippen LogP contribution is -2.20. The third kappa shape index (κ3) is 3.77. The van der Waals surface area contributed by atoms with Gasteiger partial charge in [-0.2, -0.15) is 5.26 Å². The van der Waals surface area contributed by atoms with E-state index in [1.807, 2.05) is 50.1 Å². The first-order chi connectivity index (χ1) is 12.9. The Kier molecular flexibility index (Phi) is 5.40. The van der Waals surface area contributed by atoms with Crippen LogP contribution in [0.4, 0.5) is 5.69 Å². The average Bonchev–Trinajstić information content (AvgIpc) is 2.94. The number of benzene rings is 1. The van der Waals surface area contributed by atoms with Crippen molar-refractivity contribution in [2.45, 2.75) is 13.8 Å². The number of nitrogens with zero attached hydrogens (tertiary/aromatic N) is 3. The minimum absolute atomic E-state index is 0.0832. The van der Waals surface area contributed by atoms with Crippen LogP contribution in [0.1, 0.15) is 21.8 Å². The van der Waals surface area contributed by atoms with Crippen LogP contribution in [0.5, 0.6) is 0 Å². The van der Waals surface area contributed by atoms with Crippen molar-refractivity contribution in [2.24, 2.45) is 0 Å². The predicted molar refractivity (Wildman–Crippen MR) is 110 cm³/mol. The Bertz CT molecular complexity index is 1100. The van der Waals surface area contributed by atoms with E-state index in [4.69, 9.17) is 5.11 Å². The fourth-order valence-corrected chi connectivity index (χ4v) is 3.84. The summed E-state index contributed by atoms with van der Waals surface area (Å²) in [6, 6.07) is 9.74. The zero-order valence-corrected chi connectivity index (χ0v) is 16.2. The molecule has 0 bridgehead atoms. The van der Waals surface area contributed by atoms with Gasteiger partial charge in [-0.05, 0) is 43.2 Å². The number of aliphatic hydroxyl groups excluding tert-OH is 1. The molecular weight excluding hydrogens is 360 g/mol. The zero-order valence-electron chi connectivity index (χ0n) is 15.4. The second-order valence-corrected chi connectivity index (χ2v) is 7.49. The van der Waals surface area contributed by atoms with E-state index in [2.05, 4.69) is 16.0 Å². The first kappa shape index (κ1) is 18.8. The number of rotatable bonds is 5. The number of hydrogen-bond donors (Lipinski definition) is 2. The quantitative estimate of drug-likeness (QED) is 0.664. The van der Waals surface area contributed by atoms with Crippen LogP contribution in [0.15, 0.2) is 29.1 Å². The second kappa shape index (κ2) is 7.74. The molecular formula is C20H20N4O2S. The number of thiophene rings is 1. The van der Waals surface area contributed by atoms with Crippen LogP contribution < -0.4 is 10.5 Å². The second-order valence-electron chi connectivity index (χ2n) is 6.28. The highest BCUT2D eigenvalue weighted by Gasteiger charge is 2.14. The summed E-state index contributed by atoms with van der Waals surface area (Å²) in [6.07, 6.45) is 1.70. The van der Waals surface area contributed by atoms with Crippen molar-refractivity contribution >= 4 is 38.9 Å². The normalized spacial score (nSPS) is 11.6. The maximum Gasteiger partial charge on any atom is 0.260 e. The van der Waals surface area contributed by atoms with Crippen molar-refractivity contribution in [2.75, 3.05) is 25.1 Å². The number of nitriles is 1. The van der Waals surface area contributed by atoms with Gasteiger partial charge in [-0.1, -0.05) is 12.1 Å². The van der Waals surface area contributed by atoms with Crippen molar-refractivity contribution in [3.63, 3.8) is 0 Å².